The van der Waals surface area contributed by atoms with E-state index in [4.69, 9.17) is 9.79 Å². The van der Waals surface area contributed by atoms with Crippen LogP contribution < -0.4 is 15.7 Å². The number of likely N-dealkylation sites (tertiary alicyclic amines) is 1. The van der Waals surface area contributed by atoms with Crippen molar-refractivity contribution in [2.24, 2.45) is 5.18 Å². The summed E-state index contributed by atoms with van der Waals surface area (Å²) in [6.45, 7) is 2.07. The van der Waals surface area contributed by atoms with Crippen molar-refractivity contribution in [3.8, 4) is 0 Å². The highest BCUT2D eigenvalue weighted by molar-refractivity contribution is 8.00. The van der Waals surface area contributed by atoms with Gasteiger partial charge in [-0.2, -0.15) is 4.37 Å². The first-order valence-corrected chi connectivity index (χ1v) is 15.4. The zero-order valence-corrected chi connectivity index (χ0v) is 22.9. The monoisotopic (exact) mass is 614 g/mol. The molecule has 0 aromatic carbocycles. The van der Waals surface area contributed by atoms with Gasteiger partial charge in [0, 0.05) is 42.0 Å². The first kappa shape index (κ1) is 28.3. The molecule has 214 valence electrons. The van der Waals surface area contributed by atoms with Crippen molar-refractivity contribution in [1.29, 1.82) is 0 Å². The molecule has 40 heavy (non-hydrogen) atoms. The molecule has 1 aromatic heterocycles. The third-order valence-electron chi connectivity index (χ3n) is 6.76. The number of thioether (sulfide) groups is 1. The summed E-state index contributed by atoms with van der Waals surface area (Å²) >= 11 is 1.68. The summed E-state index contributed by atoms with van der Waals surface area (Å²) in [5.41, 5.74) is 0.506. The molecule has 3 saturated heterocycles. The molecule has 17 nitrogen and oxygen atoms in total. The van der Waals surface area contributed by atoms with E-state index in [0.29, 0.717) is 42.2 Å². The van der Waals surface area contributed by atoms with Gasteiger partial charge in [-0.05, 0) is 36.2 Å². The predicted octanol–water partition coefficient (Wildman–Crippen LogP) is -0.891. The SMILES string of the molecule is O=NC(C(=O)N[C@@H]1C(=O)N2C(C(=O)O)=C(/C=C3\CCN([C@@H]4CCNC4)C3=O)CS[C@H]12)c1nsc(NP(=O)(O)O)n1. The molecule has 6 N–H and O–H groups in total. The predicted molar refractivity (Wildman–Crippen MR) is 139 cm³/mol. The number of carboxylic acids is 1. The van der Waals surface area contributed by atoms with Crippen LogP contribution >= 0.6 is 31.0 Å². The summed E-state index contributed by atoms with van der Waals surface area (Å²) < 4.78 is 14.8. The van der Waals surface area contributed by atoms with Gasteiger partial charge in [-0.25, -0.2) is 14.3 Å². The minimum absolute atomic E-state index is 0.0934. The molecular formula is C20H23N8O9PS2. The number of carbonyl (C=O) groups is 4. The highest BCUT2D eigenvalue weighted by Gasteiger charge is 2.54. The number of hydrogen-bond acceptors (Lipinski definition) is 12. The lowest BCUT2D eigenvalue weighted by Crippen LogP contribution is -2.70. The average Bonchev–Trinajstić information content (AvgIpc) is 3.64. The lowest BCUT2D eigenvalue weighted by molar-refractivity contribution is -0.150. The second-order valence-electron chi connectivity index (χ2n) is 9.26. The van der Waals surface area contributed by atoms with Gasteiger partial charge in [-0.3, -0.25) is 24.4 Å². The summed E-state index contributed by atoms with van der Waals surface area (Å²) in [5.74, 6) is -3.56. The van der Waals surface area contributed by atoms with Crippen molar-refractivity contribution in [3.05, 3.63) is 33.7 Å². The number of nitroso groups, excluding NO2 is 1. The molecule has 1 aromatic rings. The van der Waals surface area contributed by atoms with Crippen LogP contribution in [0.3, 0.4) is 0 Å². The van der Waals surface area contributed by atoms with Crippen molar-refractivity contribution in [2.45, 2.75) is 36.3 Å². The van der Waals surface area contributed by atoms with E-state index >= 15 is 0 Å². The van der Waals surface area contributed by atoms with Gasteiger partial charge < -0.3 is 30.4 Å². The second kappa shape index (κ2) is 11.0. The average molecular weight is 615 g/mol. The standard InChI is InChI=1S/C20H23N8O9PS2/c29-15(11(24-34)14-23-20(40-26-14)25-38(35,36)37)22-12-17(31)28-13(19(32)33)9(7-39-18(12)28)5-8-2-4-27(16(8)30)10-1-3-21-6-10/h5,10-12,18,21H,1-4,6-7H2,(H,22,29)(H,32,33)(H3,23,25,26,35,36,37)/b8-5+/t10-,11?,12-,18-/m1/s1. The maximum absolute atomic E-state index is 13.0. The van der Waals surface area contributed by atoms with E-state index < -0.39 is 48.8 Å². The quantitative estimate of drug-likeness (QED) is 0.0855. The number of anilines is 1. The number of nitrogens with zero attached hydrogens (tertiary/aromatic N) is 5. The molecule has 4 aliphatic rings. The molecule has 5 heterocycles. The second-order valence-corrected chi connectivity index (χ2v) is 12.4. The van der Waals surface area contributed by atoms with E-state index in [0.717, 1.165) is 17.9 Å². The summed E-state index contributed by atoms with van der Waals surface area (Å²) in [4.78, 5) is 86.7. The first-order valence-electron chi connectivity index (χ1n) is 11.9. The van der Waals surface area contributed by atoms with Crippen LogP contribution in [-0.2, 0) is 23.7 Å². The fourth-order valence-corrected chi connectivity index (χ4v) is 7.53. The maximum atomic E-state index is 13.0. The van der Waals surface area contributed by atoms with Crippen LogP contribution in [0.1, 0.15) is 24.7 Å². The van der Waals surface area contributed by atoms with Gasteiger partial charge in [-0.15, -0.1) is 16.7 Å². The first-order chi connectivity index (χ1) is 19.0. The topological polar surface area (TPSA) is 244 Å². The van der Waals surface area contributed by atoms with Gasteiger partial charge in [0.15, 0.2) is 5.82 Å². The van der Waals surface area contributed by atoms with Crippen molar-refractivity contribution in [2.75, 3.05) is 30.5 Å². The minimum Gasteiger partial charge on any atom is -0.477 e. The molecule has 0 radical (unpaired) electrons. The number of fused-ring (bicyclic) bond motifs is 1. The van der Waals surface area contributed by atoms with Gasteiger partial charge >= 0.3 is 13.7 Å². The summed E-state index contributed by atoms with van der Waals surface area (Å²) in [6, 6.07) is -2.90. The Hall–Kier alpha value is -3.22. The Kier molecular flexibility index (Phi) is 7.77. The largest absolute Gasteiger partial charge is 0.477 e. The summed E-state index contributed by atoms with van der Waals surface area (Å²) in [6.07, 6.45) is 2.85. The van der Waals surface area contributed by atoms with Crippen LogP contribution in [0.5, 0.6) is 0 Å². The zero-order chi connectivity index (χ0) is 28.8. The summed E-state index contributed by atoms with van der Waals surface area (Å²) in [7, 11) is -4.70. The molecule has 0 bridgehead atoms. The molecule has 0 spiro atoms. The summed E-state index contributed by atoms with van der Waals surface area (Å²) in [5, 5.41) is 18.8. The Morgan fingerprint density at radius 1 is 1.30 bits per heavy atom. The normalized spacial score (nSPS) is 26.6. The van der Waals surface area contributed by atoms with Crippen LogP contribution in [0.25, 0.3) is 0 Å². The van der Waals surface area contributed by atoms with Crippen LogP contribution in [0.2, 0.25) is 0 Å². The van der Waals surface area contributed by atoms with Gasteiger partial charge in [-0.1, -0.05) is 0 Å². The molecule has 20 heteroatoms. The Balaban J connectivity index is 1.29. The van der Waals surface area contributed by atoms with Crippen molar-refractivity contribution >= 4 is 59.9 Å². The number of carboxylic acid groups (broad SMARTS) is 1. The molecule has 3 amide bonds. The maximum Gasteiger partial charge on any atom is 0.429 e. The molecular weight excluding hydrogens is 591 g/mol. The number of amides is 3. The minimum atomic E-state index is -4.70. The van der Waals surface area contributed by atoms with E-state index in [1.54, 1.807) is 16.1 Å². The van der Waals surface area contributed by atoms with Gasteiger partial charge in [0.1, 0.15) is 17.1 Å². The van der Waals surface area contributed by atoms with Crippen LogP contribution in [0.15, 0.2) is 28.1 Å². The van der Waals surface area contributed by atoms with Crippen LogP contribution in [-0.4, -0.2) is 101 Å². The number of aliphatic carboxylic acids is 1. The number of hydrogen-bond donors (Lipinski definition) is 6. The van der Waals surface area contributed by atoms with E-state index in [1.165, 1.54) is 11.8 Å². The molecule has 3 fully saturated rings. The highest BCUT2D eigenvalue weighted by atomic mass is 32.2. The zero-order valence-electron chi connectivity index (χ0n) is 20.4. The van der Waals surface area contributed by atoms with Gasteiger partial charge in [0.2, 0.25) is 17.1 Å². The Morgan fingerprint density at radius 2 is 2.08 bits per heavy atom. The van der Waals surface area contributed by atoms with Gasteiger partial charge in [0.05, 0.1) is 0 Å². The Bertz CT molecular complexity index is 1390. The number of β-lactam (4-membered cyclic amide) rings is 1. The molecule has 0 saturated carbocycles. The van der Waals surface area contributed by atoms with Crippen molar-refractivity contribution in [1.82, 2.24) is 29.8 Å². The third kappa shape index (κ3) is 5.39. The molecule has 1 unspecified atom stereocenters. The highest BCUT2D eigenvalue weighted by Crippen LogP contribution is 2.42. The fourth-order valence-electron chi connectivity index (χ4n) is 4.95. The Labute approximate surface area is 233 Å². The number of aromatic nitrogens is 2. The van der Waals surface area contributed by atoms with E-state index in [1.807, 2.05) is 0 Å². The number of allylic oxidation sites excluding steroid dienone is 1. The number of nitrogens with one attached hydrogen (secondary N) is 3. The van der Waals surface area contributed by atoms with E-state index in [9.17, 15) is 33.8 Å². The molecule has 5 rings (SSSR count). The van der Waals surface area contributed by atoms with Crippen molar-refractivity contribution < 1.29 is 38.6 Å². The van der Waals surface area contributed by atoms with E-state index in [2.05, 4.69) is 25.2 Å². The van der Waals surface area contributed by atoms with E-state index in [-0.39, 0.29) is 28.5 Å². The molecule has 4 atom stereocenters. The lowest BCUT2D eigenvalue weighted by atomic mass is 10.0. The number of carbonyl (C=O) groups excluding carboxylic acids is 3. The fraction of sp³-hybridized carbons (Fsp3) is 0.500. The number of rotatable bonds is 9. The third-order valence-corrected chi connectivity index (χ3v) is 9.36. The Morgan fingerprint density at radius 3 is 2.73 bits per heavy atom. The molecule has 4 aliphatic heterocycles. The van der Waals surface area contributed by atoms with Crippen LogP contribution in [0.4, 0.5) is 5.13 Å². The van der Waals surface area contributed by atoms with Crippen molar-refractivity contribution in [3.63, 3.8) is 0 Å². The lowest BCUT2D eigenvalue weighted by Gasteiger charge is -2.49. The van der Waals surface area contributed by atoms with Gasteiger partial charge in [0.25, 0.3) is 11.8 Å². The molecule has 0 aliphatic carbocycles. The van der Waals surface area contributed by atoms with Crippen LogP contribution in [0, 0.1) is 4.91 Å². The smallest absolute Gasteiger partial charge is 0.429 e.